The fourth-order valence-corrected chi connectivity index (χ4v) is 3.61. The molecule has 0 fully saturated rings. The molecule has 0 aliphatic rings. The topological polar surface area (TPSA) is 81.8 Å². The van der Waals surface area contributed by atoms with Crippen LogP contribution in [0.3, 0.4) is 0 Å². The van der Waals surface area contributed by atoms with Gasteiger partial charge in [0.15, 0.2) is 8.69 Å². The summed E-state index contributed by atoms with van der Waals surface area (Å²) in [5.41, 5.74) is 5.61. The molecule has 2 aromatic rings. The van der Waals surface area contributed by atoms with Gasteiger partial charge in [-0.1, -0.05) is 23.8 Å². The van der Waals surface area contributed by atoms with Crippen LogP contribution in [0.25, 0.3) is 0 Å². The van der Waals surface area contributed by atoms with Crippen LogP contribution in [0.4, 0.5) is 17.6 Å². The molecular formula is C22H28F4NO4P. The van der Waals surface area contributed by atoms with E-state index in [2.05, 4.69) is 0 Å². The van der Waals surface area contributed by atoms with E-state index in [9.17, 15) is 27.2 Å². The van der Waals surface area contributed by atoms with E-state index in [1.54, 1.807) is 12.1 Å². The summed E-state index contributed by atoms with van der Waals surface area (Å²) in [5, 5.41) is 9.43. The monoisotopic (exact) mass is 477 g/mol. The number of nitrogens with two attached hydrogens (primary N) is 1. The number of aliphatic hydroxyl groups excluding tert-OH is 1. The highest BCUT2D eigenvalue weighted by Gasteiger charge is 2.35. The SMILES string of the molecule is Cc1ccc(F)c(CCCOc2ccc(CCC(N)(CO)CO[PH2]=O)cc2C(F)(F)F)c1. The Morgan fingerprint density at radius 2 is 1.88 bits per heavy atom. The van der Waals surface area contributed by atoms with Gasteiger partial charge in [0.1, 0.15) is 11.6 Å². The minimum atomic E-state index is -4.63. The molecule has 0 aliphatic carbocycles. The normalized spacial score (nSPS) is 14.1. The second-order valence-corrected chi connectivity index (χ2v) is 8.33. The van der Waals surface area contributed by atoms with Crippen molar-refractivity contribution < 1.29 is 36.5 Å². The zero-order valence-electron chi connectivity index (χ0n) is 17.8. The first-order valence-corrected chi connectivity index (χ1v) is 11.1. The highest BCUT2D eigenvalue weighted by molar-refractivity contribution is 7.17. The van der Waals surface area contributed by atoms with E-state index in [0.717, 1.165) is 11.6 Å². The van der Waals surface area contributed by atoms with E-state index in [1.165, 1.54) is 18.2 Å². The molecule has 0 heterocycles. The Kier molecular flexibility index (Phi) is 9.70. The largest absolute Gasteiger partial charge is 0.493 e. The molecule has 2 rings (SSSR count). The second-order valence-electron chi connectivity index (χ2n) is 7.80. The quantitative estimate of drug-likeness (QED) is 0.268. The fourth-order valence-electron chi connectivity index (χ4n) is 3.21. The molecule has 2 atom stereocenters. The number of rotatable bonds is 12. The van der Waals surface area contributed by atoms with Crippen LogP contribution < -0.4 is 10.5 Å². The van der Waals surface area contributed by atoms with Gasteiger partial charge in [-0.15, -0.1) is 0 Å². The Balaban J connectivity index is 2.03. The van der Waals surface area contributed by atoms with E-state index in [1.807, 2.05) is 6.92 Å². The maximum absolute atomic E-state index is 13.8. The molecule has 0 bridgehead atoms. The maximum atomic E-state index is 13.8. The number of aliphatic hydroxyl groups is 1. The fraction of sp³-hybridized carbons (Fsp3) is 0.455. The lowest BCUT2D eigenvalue weighted by molar-refractivity contribution is -0.139. The zero-order valence-corrected chi connectivity index (χ0v) is 18.9. The summed E-state index contributed by atoms with van der Waals surface area (Å²) in [5.74, 6) is -0.651. The van der Waals surface area contributed by atoms with Crippen molar-refractivity contribution in [2.75, 3.05) is 19.8 Å². The van der Waals surface area contributed by atoms with Gasteiger partial charge in [-0.3, -0.25) is 4.57 Å². The summed E-state index contributed by atoms with van der Waals surface area (Å²) in [4.78, 5) is 0. The van der Waals surface area contributed by atoms with Gasteiger partial charge >= 0.3 is 6.18 Å². The van der Waals surface area contributed by atoms with Crippen molar-refractivity contribution in [3.05, 3.63) is 64.5 Å². The van der Waals surface area contributed by atoms with Crippen molar-refractivity contribution >= 4 is 8.69 Å². The number of ether oxygens (including phenoxy) is 1. The van der Waals surface area contributed by atoms with Gasteiger partial charge in [0.2, 0.25) is 0 Å². The third kappa shape index (κ3) is 7.89. The Hall–Kier alpha value is -1.93. The van der Waals surface area contributed by atoms with Gasteiger partial charge in [0.05, 0.1) is 30.9 Å². The number of hydrogen-bond donors (Lipinski definition) is 2. The predicted molar refractivity (Wildman–Crippen MR) is 115 cm³/mol. The minimum absolute atomic E-state index is 0.00109. The molecule has 178 valence electrons. The summed E-state index contributed by atoms with van der Waals surface area (Å²) in [6.45, 7) is 1.23. The van der Waals surface area contributed by atoms with Gasteiger partial charge in [0.25, 0.3) is 0 Å². The number of alkyl halides is 3. The molecule has 2 unspecified atom stereocenters. The molecule has 0 spiro atoms. The molecule has 0 saturated carbocycles. The molecule has 2 aromatic carbocycles. The summed E-state index contributed by atoms with van der Waals surface area (Å²) >= 11 is 0. The van der Waals surface area contributed by atoms with E-state index >= 15 is 0 Å². The highest BCUT2D eigenvalue weighted by atomic mass is 31.1. The van der Waals surface area contributed by atoms with Gasteiger partial charge in [-0.05, 0) is 61.9 Å². The average molecular weight is 477 g/mol. The van der Waals surface area contributed by atoms with Crippen LogP contribution in [-0.2, 0) is 28.1 Å². The molecular weight excluding hydrogens is 449 g/mol. The molecule has 0 radical (unpaired) electrons. The van der Waals surface area contributed by atoms with Crippen molar-refractivity contribution in [3.8, 4) is 5.75 Å². The predicted octanol–water partition coefficient (Wildman–Crippen LogP) is 4.47. The zero-order chi connectivity index (χ0) is 23.8. The van der Waals surface area contributed by atoms with Crippen molar-refractivity contribution in [2.45, 2.75) is 44.3 Å². The lowest BCUT2D eigenvalue weighted by atomic mass is 9.93. The number of halogens is 4. The molecule has 5 nitrogen and oxygen atoms in total. The summed E-state index contributed by atoms with van der Waals surface area (Å²) in [6.07, 6.45) is -3.62. The second kappa shape index (κ2) is 11.8. The van der Waals surface area contributed by atoms with Crippen LogP contribution in [0.2, 0.25) is 0 Å². The Bertz CT molecular complexity index is 910. The Morgan fingerprint density at radius 3 is 2.53 bits per heavy atom. The minimum Gasteiger partial charge on any atom is -0.493 e. The van der Waals surface area contributed by atoms with E-state index in [-0.39, 0.29) is 37.6 Å². The van der Waals surface area contributed by atoms with Crippen LogP contribution in [0.5, 0.6) is 5.75 Å². The van der Waals surface area contributed by atoms with Gasteiger partial charge < -0.3 is 20.1 Å². The van der Waals surface area contributed by atoms with Gasteiger partial charge in [-0.2, -0.15) is 13.2 Å². The van der Waals surface area contributed by atoms with Gasteiger partial charge in [-0.25, -0.2) is 4.39 Å². The first-order chi connectivity index (χ1) is 15.1. The number of benzene rings is 2. The van der Waals surface area contributed by atoms with Crippen LogP contribution >= 0.6 is 8.69 Å². The number of hydrogen-bond acceptors (Lipinski definition) is 5. The number of aryl methyl sites for hydroxylation is 3. The van der Waals surface area contributed by atoms with Crippen LogP contribution in [0, 0.1) is 12.7 Å². The van der Waals surface area contributed by atoms with Crippen LogP contribution in [0.1, 0.15) is 35.1 Å². The molecule has 0 aromatic heterocycles. The highest BCUT2D eigenvalue weighted by Crippen LogP contribution is 2.37. The van der Waals surface area contributed by atoms with Crippen molar-refractivity contribution in [1.82, 2.24) is 0 Å². The van der Waals surface area contributed by atoms with E-state index in [4.69, 9.17) is 15.0 Å². The van der Waals surface area contributed by atoms with Crippen LogP contribution in [-0.4, -0.2) is 30.5 Å². The molecule has 0 saturated heterocycles. The first-order valence-electron chi connectivity index (χ1n) is 10.1. The molecule has 0 aliphatic heterocycles. The van der Waals surface area contributed by atoms with Crippen molar-refractivity contribution in [1.29, 1.82) is 0 Å². The van der Waals surface area contributed by atoms with E-state index < -0.39 is 32.6 Å². The van der Waals surface area contributed by atoms with Crippen molar-refractivity contribution in [2.24, 2.45) is 5.73 Å². The summed E-state index contributed by atoms with van der Waals surface area (Å²) in [6, 6.07) is 8.47. The average Bonchev–Trinajstić information content (AvgIpc) is 2.75. The molecule has 32 heavy (non-hydrogen) atoms. The summed E-state index contributed by atoms with van der Waals surface area (Å²) in [7, 11) is -1.49. The van der Waals surface area contributed by atoms with Crippen molar-refractivity contribution in [3.63, 3.8) is 0 Å². The smallest absolute Gasteiger partial charge is 0.419 e. The maximum Gasteiger partial charge on any atom is 0.419 e. The molecule has 0 amide bonds. The Morgan fingerprint density at radius 1 is 1.12 bits per heavy atom. The lowest BCUT2D eigenvalue weighted by Crippen LogP contribution is -2.47. The summed E-state index contributed by atoms with van der Waals surface area (Å²) < 4.78 is 75.2. The standard InChI is InChI=1S/C22H28F4NO4P/c1-15-4-6-19(23)17(11-15)3-2-10-30-20-7-5-16(12-18(20)22(24,25)26)8-9-21(27,13-28)14-31-32-29/h4-7,11-12,28H,2-3,8-10,13-14,27,32H2,1H3. The lowest BCUT2D eigenvalue weighted by Gasteiger charge is -2.26. The Labute approximate surface area is 185 Å². The molecule has 10 heteroatoms. The third-order valence-electron chi connectivity index (χ3n) is 5.06. The molecule has 3 N–H and O–H groups in total. The first kappa shape index (κ1) is 26.3. The van der Waals surface area contributed by atoms with Crippen LogP contribution in [0.15, 0.2) is 36.4 Å². The van der Waals surface area contributed by atoms with E-state index in [0.29, 0.717) is 24.0 Å². The third-order valence-corrected chi connectivity index (χ3v) is 5.37. The van der Waals surface area contributed by atoms with Gasteiger partial charge in [0, 0.05) is 0 Å².